The second kappa shape index (κ2) is 8.67. The molecule has 0 bridgehead atoms. The molecule has 0 unspecified atom stereocenters. The Hall–Kier alpha value is -3.51. The molecular weight excluding hydrogens is 430 g/mol. The lowest BCUT2D eigenvalue weighted by atomic mass is 10.1. The fourth-order valence-corrected chi connectivity index (χ4v) is 3.04. The van der Waals surface area contributed by atoms with Gasteiger partial charge in [-0.1, -0.05) is 40.2 Å². The SMILES string of the molecule is O=C(/C=C/c1ccccc1Oc1cccc2ncncc12)Nc1ccc(Br)cc1. The van der Waals surface area contributed by atoms with Gasteiger partial charge in [-0.25, -0.2) is 9.97 Å². The Labute approximate surface area is 176 Å². The molecule has 1 amide bonds. The van der Waals surface area contributed by atoms with Gasteiger partial charge in [-0.15, -0.1) is 0 Å². The Morgan fingerprint density at radius 1 is 0.966 bits per heavy atom. The lowest BCUT2D eigenvalue weighted by Crippen LogP contribution is -2.07. The van der Waals surface area contributed by atoms with Crippen molar-refractivity contribution in [3.05, 3.63) is 95.4 Å². The molecule has 6 heteroatoms. The van der Waals surface area contributed by atoms with Crippen LogP contribution in [-0.4, -0.2) is 15.9 Å². The molecule has 0 spiro atoms. The van der Waals surface area contributed by atoms with Gasteiger partial charge in [-0.3, -0.25) is 4.79 Å². The molecule has 3 aromatic carbocycles. The van der Waals surface area contributed by atoms with Crippen molar-refractivity contribution < 1.29 is 9.53 Å². The first-order valence-corrected chi connectivity index (χ1v) is 9.68. The number of ether oxygens (including phenoxy) is 1. The molecule has 29 heavy (non-hydrogen) atoms. The van der Waals surface area contributed by atoms with Crippen molar-refractivity contribution in [2.45, 2.75) is 0 Å². The van der Waals surface area contributed by atoms with Gasteiger partial charge in [-0.05, 0) is 48.5 Å². The molecule has 4 aromatic rings. The van der Waals surface area contributed by atoms with E-state index in [2.05, 4.69) is 31.2 Å². The zero-order valence-electron chi connectivity index (χ0n) is 15.2. The number of nitrogens with one attached hydrogen (secondary N) is 1. The fourth-order valence-electron chi connectivity index (χ4n) is 2.78. The number of benzene rings is 3. The van der Waals surface area contributed by atoms with Crippen molar-refractivity contribution in [1.82, 2.24) is 9.97 Å². The summed E-state index contributed by atoms with van der Waals surface area (Å²) in [5.74, 6) is 1.07. The van der Waals surface area contributed by atoms with Crippen LogP contribution in [0.2, 0.25) is 0 Å². The monoisotopic (exact) mass is 445 g/mol. The van der Waals surface area contributed by atoms with E-state index >= 15 is 0 Å². The van der Waals surface area contributed by atoms with Crippen molar-refractivity contribution in [3.8, 4) is 11.5 Å². The zero-order valence-corrected chi connectivity index (χ0v) is 16.8. The number of hydrogen-bond donors (Lipinski definition) is 1. The molecule has 1 N–H and O–H groups in total. The summed E-state index contributed by atoms with van der Waals surface area (Å²) in [6.07, 6.45) is 6.44. The minimum Gasteiger partial charge on any atom is -0.456 e. The number of fused-ring (bicyclic) bond motifs is 1. The van der Waals surface area contributed by atoms with E-state index in [9.17, 15) is 4.79 Å². The molecule has 0 aliphatic carbocycles. The number of hydrogen-bond acceptors (Lipinski definition) is 4. The molecule has 4 rings (SSSR count). The highest BCUT2D eigenvalue weighted by atomic mass is 79.9. The van der Waals surface area contributed by atoms with Gasteiger partial charge in [0.05, 0.1) is 10.9 Å². The highest BCUT2D eigenvalue weighted by Crippen LogP contribution is 2.31. The topological polar surface area (TPSA) is 64.1 Å². The van der Waals surface area contributed by atoms with Crippen LogP contribution in [0.4, 0.5) is 5.69 Å². The van der Waals surface area contributed by atoms with Gasteiger partial charge in [0.15, 0.2) is 0 Å². The van der Waals surface area contributed by atoms with Gasteiger partial charge in [0.25, 0.3) is 0 Å². The molecule has 1 aromatic heterocycles. The lowest BCUT2D eigenvalue weighted by molar-refractivity contribution is -0.111. The van der Waals surface area contributed by atoms with Crippen molar-refractivity contribution in [3.63, 3.8) is 0 Å². The predicted octanol–water partition coefficient (Wildman–Crippen LogP) is 5.84. The molecule has 1 heterocycles. The van der Waals surface area contributed by atoms with Crippen LogP contribution >= 0.6 is 15.9 Å². The minimum atomic E-state index is -0.222. The number of halogens is 1. The summed E-state index contributed by atoms with van der Waals surface area (Å²) in [5.41, 5.74) is 2.31. The predicted molar refractivity (Wildman–Crippen MR) is 118 cm³/mol. The Morgan fingerprint density at radius 2 is 1.76 bits per heavy atom. The molecule has 0 saturated heterocycles. The smallest absolute Gasteiger partial charge is 0.248 e. The largest absolute Gasteiger partial charge is 0.456 e. The molecule has 0 fully saturated rings. The Bertz CT molecular complexity index is 1180. The van der Waals surface area contributed by atoms with E-state index in [0.29, 0.717) is 11.5 Å². The third-order valence-corrected chi connectivity index (χ3v) is 4.70. The first kappa shape index (κ1) is 18.8. The Balaban J connectivity index is 1.54. The number of carbonyl (C=O) groups is 1. The number of amides is 1. The van der Waals surface area contributed by atoms with Crippen LogP contribution in [0.1, 0.15) is 5.56 Å². The average Bonchev–Trinajstić information content (AvgIpc) is 2.75. The number of rotatable bonds is 5. The number of aromatic nitrogens is 2. The highest BCUT2D eigenvalue weighted by Gasteiger charge is 2.07. The summed E-state index contributed by atoms with van der Waals surface area (Å²) in [6.45, 7) is 0. The summed E-state index contributed by atoms with van der Waals surface area (Å²) in [5, 5.41) is 3.65. The standard InChI is InChI=1S/C23H16BrN3O2/c24-17-9-11-18(12-10-17)27-23(28)13-8-16-4-1-2-6-21(16)29-22-7-3-5-20-19(22)14-25-15-26-20/h1-15H,(H,27,28)/b13-8+. The van der Waals surface area contributed by atoms with E-state index < -0.39 is 0 Å². The maximum Gasteiger partial charge on any atom is 0.248 e. The van der Waals surface area contributed by atoms with Crippen molar-refractivity contribution in [2.75, 3.05) is 5.32 Å². The Morgan fingerprint density at radius 3 is 2.62 bits per heavy atom. The van der Waals surface area contributed by atoms with Crippen LogP contribution in [0.5, 0.6) is 11.5 Å². The summed E-state index contributed by atoms with van der Waals surface area (Å²) >= 11 is 3.37. The highest BCUT2D eigenvalue weighted by molar-refractivity contribution is 9.10. The molecule has 0 saturated carbocycles. The van der Waals surface area contributed by atoms with Crippen LogP contribution in [0.15, 0.2) is 89.8 Å². The van der Waals surface area contributed by atoms with Crippen LogP contribution in [0.3, 0.4) is 0 Å². The number of anilines is 1. The molecule has 142 valence electrons. The molecule has 0 atom stereocenters. The number of nitrogens with zero attached hydrogens (tertiary/aromatic N) is 2. The molecule has 0 aliphatic rings. The van der Waals surface area contributed by atoms with E-state index in [1.807, 2.05) is 66.7 Å². The minimum absolute atomic E-state index is 0.222. The zero-order chi connectivity index (χ0) is 20.1. The molecule has 5 nitrogen and oxygen atoms in total. The number of carbonyl (C=O) groups excluding carboxylic acids is 1. The maximum absolute atomic E-state index is 12.2. The van der Waals surface area contributed by atoms with E-state index in [0.717, 1.165) is 26.6 Å². The third kappa shape index (κ3) is 4.67. The van der Waals surface area contributed by atoms with Crippen molar-refractivity contribution >= 4 is 44.5 Å². The van der Waals surface area contributed by atoms with Crippen molar-refractivity contribution in [1.29, 1.82) is 0 Å². The van der Waals surface area contributed by atoms with Crippen LogP contribution in [0.25, 0.3) is 17.0 Å². The average molecular weight is 446 g/mol. The molecule has 0 aliphatic heterocycles. The van der Waals surface area contributed by atoms with Gasteiger partial charge in [0.1, 0.15) is 17.8 Å². The van der Waals surface area contributed by atoms with E-state index in [1.54, 1.807) is 12.3 Å². The van der Waals surface area contributed by atoms with Gasteiger partial charge < -0.3 is 10.1 Å². The molecular formula is C23H16BrN3O2. The first-order chi connectivity index (χ1) is 14.2. The third-order valence-electron chi connectivity index (χ3n) is 4.18. The van der Waals surface area contributed by atoms with E-state index in [4.69, 9.17) is 4.74 Å². The fraction of sp³-hybridized carbons (Fsp3) is 0. The summed E-state index contributed by atoms with van der Waals surface area (Å²) in [7, 11) is 0. The van der Waals surface area contributed by atoms with Gasteiger partial charge in [0.2, 0.25) is 5.91 Å². The second-order valence-electron chi connectivity index (χ2n) is 6.18. The second-order valence-corrected chi connectivity index (χ2v) is 7.10. The van der Waals surface area contributed by atoms with Crippen LogP contribution < -0.4 is 10.1 Å². The lowest BCUT2D eigenvalue weighted by Gasteiger charge is -2.10. The summed E-state index contributed by atoms with van der Waals surface area (Å²) in [6, 6.07) is 20.6. The normalized spacial score (nSPS) is 10.9. The first-order valence-electron chi connectivity index (χ1n) is 8.89. The summed E-state index contributed by atoms with van der Waals surface area (Å²) in [4.78, 5) is 20.6. The van der Waals surface area contributed by atoms with Crippen molar-refractivity contribution in [2.24, 2.45) is 0 Å². The quantitative estimate of drug-likeness (QED) is 0.392. The van der Waals surface area contributed by atoms with Gasteiger partial charge in [-0.2, -0.15) is 0 Å². The van der Waals surface area contributed by atoms with E-state index in [-0.39, 0.29) is 5.91 Å². The Kier molecular flexibility index (Phi) is 5.63. The van der Waals surface area contributed by atoms with Gasteiger partial charge >= 0.3 is 0 Å². The van der Waals surface area contributed by atoms with E-state index in [1.165, 1.54) is 12.4 Å². The van der Waals surface area contributed by atoms with Crippen LogP contribution in [-0.2, 0) is 4.79 Å². The van der Waals surface area contributed by atoms with Crippen LogP contribution in [0, 0.1) is 0 Å². The van der Waals surface area contributed by atoms with Gasteiger partial charge in [0, 0.05) is 28.0 Å². The summed E-state index contributed by atoms with van der Waals surface area (Å²) < 4.78 is 7.07. The number of para-hydroxylation sites is 1. The molecule has 0 radical (unpaired) electrons. The maximum atomic E-state index is 12.2.